The molecule has 0 fully saturated rings. The number of benzene rings is 1. The van der Waals surface area contributed by atoms with Gasteiger partial charge in [0.2, 0.25) is 0 Å². The van der Waals surface area contributed by atoms with Crippen molar-refractivity contribution in [3.8, 4) is 5.75 Å². The van der Waals surface area contributed by atoms with Gasteiger partial charge in [0.05, 0.1) is 17.6 Å². The Hall–Kier alpha value is -1.36. The molecule has 19 heavy (non-hydrogen) atoms. The third-order valence-electron chi connectivity index (χ3n) is 2.97. The number of carbonyl (C=O) groups excluding carboxylic acids is 1. The maximum atomic E-state index is 12.2. The molecule has 0 spiro atoms. The molecule has 0 aliphatic carbocycles. The van der Waals surface area contributed by atoms with E-state index in [1.807, 2.05) is 0 Å². The molecule has 0 N–H and O–H groups in total. The van der Waals surface area contributed by atoms with E-state index in [-0.39, 0.29) is 11.5 Å². The molecular weight excluding hydrogens is 264 g/mol. The fourth-order valence-corrected chi connectivity index (χ4v) is 2.60. The van der Waals surface area contributed by atoms with Crippen LogP contribution in [-0.2, 0) is 15.6 Å². The summed E-state index contributed by atoms with van der Waals surface area (Å²) in [5.74, 6) is 0.246. The SMILES string of the molecule is COc1ccc(C(C)=O)cc1CS(=O)(=O)C(C)(C)C. The monoisotopic (exact) mass is 284 g/mol. The van der Waals surface area contributed by atoms with Gasteiger partial charge in [-0.05, 0) is 45.9 Å². The molecule has 0 heterocycles. The molecule has 0 aliphatic heterocycles. The molecule has 0 radical (unpaired) electrons. The van der Waals surface area contributed by atoms with Crippen molar-refractivity contribution in [3.63, 3.8) is 0 Å². The highest BCUT2D eigenvalue weighted by molar-refractivity contribution is 7.91. The zero-order valence-corrected chi connectivity index (χ0v) is 12.8. The summed E-state index contributed by atoms with van der Waals surface area (Å²) >= 11 is 0. The highest BCUT2D eigenvalue weighted by atomic mass is 32.2. The van der Waals surface area contributed by atoms with E-state index in [0.717, 1.165) is 0 Å². The van der Waals surface area contributed by atoms with E-state index < -0.39 is 14.6 Å². The molecular formula is C14H20O4S. The number of hydrogen-bond acceptors (Lipinski definition) is 4. The van der Waals surface area contributed by atoms with Crippen molar-refractivity contribution in [2.75, 3.05) is 7.11 Å². The molecule has 0 amide bonds. The van der Waals surface area contributed by atoms with E-state index in [1.165, 1.54) is 14.0 Å². The predicted octanol–water partition coefficient (Wildman–Crippen LogP) is 2.61. The minimum Gasteiger partial charge on any atom is -0.496 e. The van der Waals surface area contributed by atoms with Gasteiger partial charge in [0.25, 0.3) is 0 Å². The maximum absolute atomic E-state index is 12.2. The number of Topliss-reactive ketones (excluding diaryl/α,β-unsaturated/α-hetero) is 1. The number of hydrogen-bond donors (Lipinski definition) is 0. The second-order valence-corrected chi connectivity index (χ2v) is 8.20. The van der Waals surface area contributed by atoms with Gasteiger partial charge in [0, 0.05) is 11.1 Å². The van der Waals surface area contributed by atoms with Crippen LogP contribution in [0.2, 0.25) is 0 Å². The van der Waals surface area contributed by atoms with Crippen molar-refractivity contribution in [1.29, 1.82) is 0 Å². The van der Waals surface area contributed by atoms with Crippen LogP contribution in [0.4, 0.5) is 0 Å². The quantitative estimate of drug-likeness (QED) is 0.797. The van der Waals surface area contributed by atoms with Crippen LogP contribution in [0, 0.1) is 0 Å². The number of carbonyl (C=O) groups is 1. The summed E-state index contributed by atoms with van der Waals surface area (Å²) in [6, 6.07) is 4.85. The van der Waals surface area contributed by atoms with E-state index in [4.69, 9.17) is 4.74 Å². The van der Waals surface area contributed by atoms with Crippen molar-refractivity contribution in [2.24, 2.45) is 0 Å². The average molecular weight is 284 g/mol. The molecule has 0 aromatic heterocycles. The van der Waals surface area contributed by atoms with Gasteiger partial charge in [0.1, 0.15) is 5.75 Å². The van der Waals surface area contributed by atoms with Crippen LogP contribution < -0.4 is 4.74 Å². The Morgan fingerprint density at radius 3 is 2.26 bits per heavy atom. The predicted molar refractivity (Wildman–Crippen MR) is 75.4 cm³/mol. The van der Waals surface area contributed by atoms with Crippen molar-refractivity contribution in [3.05, 3.63) is 29.3 Å². The van der Waals surface area contributed by atoms with Crippen molar-refractivity contribution >= 4 is 15.6 Å². The Kier molecular flexibility index (Phi) is 4.40. The highest BCUT2D eigenvalue weighted by Crippen LogP contribution is 2.27. The molecule has 1 rings (SSSR count). The number of rotatable bonds is 4. The van der Waals surface area contributed by atoms with Crippen LogP contribution >= 0.6 is 0 Å². The smallest absolute Gasteiger partial charge is 0.159 e. The molecule has 4 nitrogen and oxygen atoms in total. The van der Waals surface area contributed by atoms with E-state index >= 15 is 0 Å². The lowest BCUT2D eigenvalue weighted by Crippen LogP contribution is -2.29. The van der Waals surface area contributed by atoms with Crippen LogP contribution in [0.15, 0.2) is 18.2 Å². The molecule has 1 aromatic rings. The summed E-state index contributed by atoms with van der Waals surface area (Å²) in [5.41, 5.74) is 1.00. The van der Waals surface area contributed by atoms with Gasteiger partial charge in [-0.1, -0.05) is 0 Å². The topological polar surface area (TPSA) is 60.4 Å². The molecule has 0 saturated carbocycles. The lowest BCUT2D eigenvalue weighted by atomic mass is 10.1. The van der Waals surface area contributed by atoms with Gasteiger partial charge in [-0.15, -0.1) is 0 Å². The van der Waals surface area contributed by atoms with E-state index in [9.17, 15) is 13.2 Å². The Balaban J connectivity index is 3.26. The Bertz CT molecular complexity index is 580. The highest BCUT2D eigenvalue weighted by Gasteiger charge is 2.30. The molecule has 0 bridgehead atoms. The van der Waals surface area contributed by atoms with Crippen LogP contribution in [0.1, 0.15) is 43.6 Å². The lowest BCUT2D eigenvalue weighted by molar-refractivity contribution is 0.101. The number of sulfone groups is 1. The summed E-state index contributed by atoms with van der Waals surface area (Å²) in [6.45, 7) is 6.42. The van der Waals surface area contributed by atoms with Gasteiger partial charge < -0.3 is 4.74 Å². The van der Waals surface area contributed by atoms with Gasteiger partial charge in [-0.2, -0.15) is 0 Å². The summed E-state index contributed by atoms with van der Waals surface area (Å²) in [7, 11) is -1.84. The summed E-state index contributed by atoms with van der Waals surface area (Å²) < 4.78 is 28.8. The first kappa shape index (κ1) is 15.7. The average Bonchev–Trinajstić information content (AvgIpc) is 2.26. The minimum atomic E-state index is -3.32. The number of ether oxygens (including phenoxy) is 1. The first-order chi connectivity index (χ1) is 8.58. The summed E-state index contributed by atoms with van der Waals surface area (Å²) in [6.07, 6.45) is 0. The Labute approximate surface area is 114 Å². The largest absolute Gasteiger partial charge is 0.496 e. The maximum Gasteiger partial charge on any atom is 0.159 e. The third kappa shape index (κ3) is 3.56. The van der Waals surface area contributed by atoms with Gasteiger partial charge in [-0.3, -0.25) is 4.79 Å². The fraction of sp³-hybridized carbons (Fsp3) is 0.500. The van der Waals surface area contributed by atoms with Crippen molar-refractivity contribution < 1.29 is 17.9 Å². The second-order valence-electron chi connectivity index (χ2n) is 5.45. The molecule has 106 valence electrons. The van der Waals surface area contributed by atoms with Crippen LogP contribution in [0.5, 0.6) is 5.75 Å². The molecule has 0 unspecified atom stereocenters. The Morgan fingerprint density at radius 2 is 1.84 bits per heavy atom. The molecule has 5 heteroatoms. The van der Waals surface area contributed by atoms with E-state index in [0.29, 0.717) is 16.9 Å². The molecule has 1 aromatic carbocycles. The van der Waals surface area contributed by atoms with Gasteiger partial charge in [-0.25, -0.2) is 8.42 Å². The summed E-state index contributed by atoms with van der Waals surface area (Å²) in [4.78, 5) is 11.4. The zero-order valence-electron chi connectivity index (χ0n) is 12.0. The first-order valence-electron chi connectivity index (χ1n) is 5.98. The van der Waals surface area contributed by atoms with E-state index in [2.05, 4.69) is 0 Å². The Morgan fingerprint density at radius 1 is 1.26 bits per heavy atom. The third-order valence-corrected chi connectivity index (χ3v) is 5.52. The zero-order chi connectivity index (χ0) is 14.8. The minimum absolute atomic E-state index is 0.0999. The number of ketones is 1. The van der Waals surface area contributed by atoms with Crippen molar-refractivity contribution in [2.45, 2.75) is 38.2 Å². The fourth-order valence-electron chi connectivity index (χ4n) is 1.53. The van der Waals surface area contributed by atoms with Crippen LogP contribution in [0.3, 0.4) is 0 Å². The van der Waals surface area contributed by atoms with Gasteiger partial charge in [0.15, 0.2) is 15.6 Å². The molecule has 0 aliphatic rings. The molecule has 0 saturated heterocycles. The van der Waals surface area contributed by atoms with Crippen LogP contribution in [0.25, 0.3) is 0 Å². The normalized spacial score (nSPS) is 12.3. The summed E-state index contributed by atoms with van der Waals surface area (Å²) in [5, 5.41) is 0. The molecule has 0 atom stereocenters. The first-order valence-corrected chi connectivity index (χ1v) is 7.64. The second kappa shape index (κ2) is 5.33. The van der Waals surface area contributed by atoms with Gasteiger partial charge >= 0.3 is 0 Å². The van der Waals surface area contributed by atoms with E-state index in [1.54, 1.807) is 39.0 Å². The standard InChI is InChI=1S/C14H20O4S/c1-10(15)11-6-7-13(18-5)12(8-11)9-19(16,17)14(2,3)4/h6-8H,9H2,1-5H3. The lowest BCUT2D eigenvalue weighted by Gasteiger charge is -2.20. The van der Waals surface area contributed by atoms with Crippen LogP contribution in [-0.4, -0.2) is 26.1 Å². The van der Waals surface area contributed by atoms with Crippen molar-refractivity contribution in [1.82, 2.24) is 0 Å². The number of methoxy groups -OCH3 is 1.